The normalized spacial score (nSPS) is 13.1. The lowest BCUT2D eigenvalue weighted by atomic mass is 9.96. The van der Waals surface area contributed by atoms with E-state index in [0.717, 1.165) is 25.1 Å². The van der Waals surface area contributed by atoms with Crippen molar-refractivity contribution in [3.05, 3.63) is 167 Å². The second kappa shape index (κ2) is 16.0. The minimum absolute atomic E-state index is 0.0833. The quantitative estimate of drug-likeness (QED) is 0.158. The number of hydrogen-bond acceptors (Lipinski definition) is 5. The first-order valence-electron chi connectivity index (χ1n) is 16.2. The smallest absolute Gasteiger partial charge is 0.261 e. The minimum atomic E-state index is -0.394. The highest BCUT2D eigenvalue weighted by atomic mass is 32.1. The van der Waals surface area contributed by atoms with Crippen molar-refractivity contribution in [2.24, 2.45) is 0 Å². The lowest BCUT2D eigenvalue weighted by Crippen LogP contribution is -2.50. The van der Waals surface area contributed by atoms with Gasteiger partial charge in [-0.2, -0.15) is 0 Å². The number of carbonyl (C=O) groups is 2. The molecule has 0 bridgehead atoms. The first-order valence-corrected chi connectivity index (χ1v) is 16.6. The third kappa shape index (κ3) is 8.15. The van der Waals surface area contributed by atoms with Crippen molar-refractivity contribution in [1.82, 2.24) is 15.1 Å². The van der Waals surface area contributed by atoms with Gasteiger partial charge in [0.15, 0.2) is 5.11 Å². The van der Waals surface area contributed by atoms with Crippen LogP contribution in [0.2, 0.25) is 0 Å². The van der Waals surface area contributed by atoms with Gasteiger partial charge in [-0.3, -0.25) is 19.8 Å². The highest BCUT2D eigenvalue weighted by Gasteiger charge is 2.29. The lowest BCUT2D eigenvalue weighted by molar-refractivity contribution is 0.0598. The fourth-order valence-corrected chi connectivity index (χ4v) is 6.25. The van der Waals surface area contributed by atoms with E-state index in [1.165, 1.54) is 11.1 Å². The van der Waals surface area contributed by atoms with E-state index >= 15 is 0 Å². The summed E-state index contributed by atoms with van der Waals surface area (Å²) in [5.74, 6) is -0.000596. The Labute approximate surface area is 287 Å². The molecule has 1 aliphatic rings. The molecule has 5 aromatic rings. The van der Waals surface area contributed by atoms with Crippen molar-refractivity contribution < 1.29 is 14.3 Å². The van der Waals surface area contributed by atoms with E-state index in [1.54, 1.807) is 30.3 Å². The Morgan fingerprint density at radius 3 is 1.85 bits per heavy atom. The van der Waals surface area contributed by atoms with Crippen LogP contribution in [-0.2, 0) is 6.42 Å². The number of para-hydroxylation sites is 2. The number of hydrogen-bond donors (Lipinski definition) is 2. The molecule has 1 aliphatic heterocycles. The van der Waals surface area contributed by atoms with Gasteiger partial charge in [-0.15, -0.1) is 0 Å². The Kier molecular flexibility index (Phi) is 10.9. The molecule has 7 nitrogen and oxygen atoms in total. The van der Waals surface area contributed by atoms with E-state index in [9.17, 15) is 9.59 Å². The molecular weight excluding hydrogens is 617 g/mol. The van der Waals surface area contributed by atoms with Crippen LogP contribution in [0.15, 0.2) is 140 Å². The molecule has 8 heteroatoms. The fraction of sp³-hybridized carbons (Fsp3) is 0.175. The zero-order valence-electron chi connectivity index (χ0n) is 26.6. The van der Waals surface area contributed by atoms with Crippen LogP contribution in [0.1, 0.15) is 43.4 Å². The summed E-state index contributed by atoms with van der Waals surface area (Å²) in [4.78, 5) is 31.4. The molecule has 5 aromatic carbocycles. The van der Waals surface area contributed by atoms with Crippen molar-refractivity contribution in [3.8, 4) is 5.75 Å². The summed E-state index contributed by atoms with van der Waals surface area (Å²) in [6.07, 6.45) is 0.720. The van der Waals surface area contributed by atoms with E-state index in [-0.39, 0.29) is 17.1 Å². The number of thiocarbonyl (C=S) groups is 1. The van der Waals surface area contributed by atoms with Crippen LogP contribution < -0.4 is 15.4 Å². The van der Waals surface area contributed by atoms with Gasteiger partial charge in [0.2, 0.25) is 0 Å². The van der Waals surface area contributed by atoms with Crippen LogP contribution in [0.25, 0.3) is 0 Å². The third-order valence-electron chi connectivity index (χ3n) is 8.45. The van der Waals surface area contributed by atoms with Gasteiger partial charge in [-0.1, -0.05) is 115 Å². The van der Waals surface area contributed by atoms with Crippen molar-refractivity contribution in [1.29, 1.82) is 0 Å². The van der Waals surface area contributed by atoms with Crippen molar-refractivity contribution >= 4 is 34.8 Å². The number of piperazine rings is 1. The predicted molar refractivity (Wildman–Crippen MR) is 194 cm³/mol. The molecule has 1 fully saturated rings. The van der Waals surface area contributed by atoms with Crippen LogP contribution in [0.4, 0.5) is 5.69 Å². The predicted octanol–water partition coefficient (Wildman–Crippen LogP) is 6.98. The maximum absolute atomic E-state index is 13.8. The van der Waals surface area contributed by atoms with Crippen LogP contribution in [0.3, 0.4) is 0 Å². The van der Waals surface area contributed by atoms with Crippen LogP contribution in [0.5, 0.6) is 5.75 Å². The Hall–Kier alpha value is -5.31. The monoisotopic (exact) mass is 654 g/mol. The third-order valence-corrected chi connectivity index (χ3v) is 8.66. The molecule has 1 heterocycles. The van der Waals surface area contributed by atoms with Crippen molar-refractivity contribution in [3.63, 3.8) is 0 Å². The zero-order valence-corrected chi connectivity index (χ0v) is 27.4. The molecule has 2 N–H and O–H groups in total. The highest BCUT2D eigenvalue weighted by molar-refractivity contribution is 7.80. The van der Waals surface area contributed by atoms with E-state index in [1.807, 2.05) is 65.6 Å². The molecule has 0 spiro atoms. The topological polar surface area (TPSA) is 73.9 Å². The Morgan fingerprint density at radius 2 is 1.21 bits per heavy atom. The number of nitrogens with zero attached hydrogens (tertiary/aromatic N) is 2. The summed E-state index contributed by atoms with van der Waals surface area (Å²) >= 11 is 5.53. The number of amides is 2. The molecule has 6 rings (SSSR count). The maximum atomic E-state index is 13.8. The molecular formula is C40H38N4O3S. The average Bonchev–Trinajstić information content (AvgIpc) is 3.13. The Morgan fingerprint density at radius 1 is 0.667 bits per heavy atom. The zero-order chi connectivity index (χ0) is 33.1. The van der Waals surface area contributed by atoms with Crippen LogP contribution in [-0.4, -0.2) is 59.5 Å². The van der Waals surface area contributed by atoms with E-state index in [4.69, 9.17) is 17.0 Å². The first kappa shape index (κ1) is 32.6. The summed E-state index contributed by atoms with van der Waals surface area (Å²) in [7, 11) is 0. The van der Waals surface area contributed by atoms with Crippen molar-refractivity contribution in [2.75, 3.05) is 38.1 Å². The molecule has 0 atom stereocenters. The van der Waals surface area contributed by atoms with E-state index < -0.39 is 5.91 Å². The highest BCUT2D eigenvalue weighted by Crippen LogP contribution is 2.30. The van der Waals surface area contributed by atoms with Gasteiger partial charge in [0.25, 0.3) is 11.8 Å². The molecule has 242 valence electrons. The van der Waals surface area contributed by atoms with Crippen LogP contribution >= 0.6 is 12.2 Å². The maximum Gasteiger partial charge on any atom is 0.261 e. The van der Waals surface area contributed by atoms with Gasteiger partial charge in [-0.25, -0.2) is 0 Å². The molecule has 48 heavy (non-hydrogen) atoms. The second-order valence-corrected chi connectivity index (χ2v) is 12.0. The number of benzene rings is 5. The molecule has 0 saturated carbocycles. The van der Waals surface area contributed by atoms with Gasteiger partial charge in [-0.05, 0) is 53.2 Å². The molecule has 2 amide bonds. The SMILES string of the molecule is O=C(NC(=S)Nc1ccccc1C(=O)N1CCN(C(c2ccccc2)c2ccccc2)CC1)c1ccccc1OCCc1ccccc1. The number of carbonyl (C=O) groups excluding carboxylic acids is 2. The molecule has 0 radical (unpaired) electrons. The summed E-state index contributed by atoms with van der Waals surface area (Å²) in [5.41, 5.74) is 5.03. The van der Waals surface area contributed by atoms with Gasteiger partial charge >= 0.3 is 0 Å². The number of ether oxygens (including phenoxy) is 1. The summed E-state index contributed by atoms with van der Waals surface area (Å²) in [5, 5.41) is 5.94. The Bertz CT molecular complexity index is 1790. The number of rotatable bonds is 10. The average molecular weight is 655 g/mol. The van der Waals surface area contributed by atoms with Gasteiger partial charge in [0.1, 0.15) is 5.75 Å². The Balaban J connectivity index is 1.07. The first-order chi connectivity index (χ1) is 23.6. The molecule has 0 aromatic heterocycles. The fourth-order valence-electron chi connectivity index (χ4n) is 6.04. The standard InChI is InChI=1S/C40H38N4O3S/c45-38(34-21-11-13-23-36(34)47-29-24-30-14-4-1-5-15-30)42-40(48)41-35-22-12-10-20-33(35)39(46)44-27-25-43(26-28-44)37(31-16-6-2-7-17-31)32-18-8-3-9-19-32/h1-23,37H,24-29H2,(H2,41,42,45,48). The summed E-state index contributed by atoms with van der Waals surface area (Å²) < 4.78 is 5.97. The van der Waals surface area contributed by atoms with Gasteiger partial charge < -0.3 is 15.0 Å². The number of nitrogens with one attached hydrogen (secondary N) is 2. The number of anilines is 1. The van der Waals surface area contributed by atoms with Crippen molar-refractivity contribution in [2.45, 2.75) is 12.5 Å². The lowest BCUT2D eigenvalue weighted by Gasteiger charge is -2.40. The summed E-state index contributed by atoms with van der Waals surface area (Å²) in [6.45, 7) is 3.07. The van der Waals surface area contributed by atoms with Crippen LogP contribution in [0, 0.1) is 0 Å². The minimum Gasteiger partial charge on any atom is -0.492 e. The molecule has 1 saturated heterocycles. The molecule has 0 unspecified atom stereocenters. The van der Waals surface area contributed by atoms with Gasteiger partial charge in [0.05, 0.1) is 29.5 Å². The second-order valence-electron chi connectivity index (χ2n) is 11.6. The van der Waals surface area contributed by atoms with E-state index in [2.05, 4.69) is 64.1 Å². The van der Waals surface area contributed by atoms with E-state index in [0.29, 0.717) is 42.3 Å². The molecule has 0 aliphatic carbocycles. The van der Waals surface area contributed by atoms with Gasteiger partial charge in [0, 0.05) is 32.6 Å². The summed E-state index contributed by atoms with van der Waals surface area (Å²) in [6, 6.07) is 45.5. The largest absolute Gasteiger partial charge is 0.492 e.